The van der Waals surface area contributed by atoms with E-state index in [1.165, 1.54) is 0 Å². The summed E-state index contributed by atoms with van der Waals surface area (Å²) in [6.07, 6.45) is 1.06. The third-order valence-corrected chi connectivity index (χ3v) is 2.87. The molecular weight excluding hydrogens is 220 g/mol. The van der Waals surface area contributed by atoms with Gasteiger partial charge in [0.15, 0.2) is 0 Å². The van der Waals surface area contributed by atoms with Gasteiger partial charge in [0.25, 0.3) is 0 Å². The van der Waals surface area contributed by atoms with Gasteiger partial charge in [-0.25, -0.2) is 0 Å². The van der Waals surface area contributed by atoms with Crippen LogP contribution in [0.2, 0.25) is 0 Å². The molecule has 0 radical (unpaired) electrons. The lowest BCUT2D eigenvalue weighted by Gasteiger charge is -2.27. The molecule has 1 unspecified atom stereocenters. The molecule has 0 aliphatic carbocycles. The molecule has 0 aromatic rings. The molecule has 1 amide bonds. The highest BCUT2D eigenvalue weighted by molar-refractivity contribution is 5.80. The fourth-order valence-electron chi connectivity index (χ4n) is 2.00. The Morgan fingerprint density at radius 2 is 2.18 bits per heavy atom. The maximum atomic E-state index is 11.7. The Morgan fingerprint density at radius 1 is 1.41 bits per heavy atom. The van der Waals surface area contributed by atoms with Gasteiger partial charge in [0, 0.05) is 20.3 Å². The minimum absolute atomic E-state index is 0.182. The normalized spacial score (nSPS) is 20.6. The standard InChI is InChI=1S/C12H24N2O3/c1-10(2)12-13-9-11(15)14(12)5-4-6-17-8-7-16-3/h10,12-13H,4-9H2,1-3H3. The average molecular weight is 244 g/mol. The van der Waals surface area contributed by atoms with Gasteiger partial charge in [0.1, 0.15) is 0 Å². The quantitative estimate of drug-likeness (QED) is 0.630. The first kappa shape index (κ1) is 14.4. The van der Waals surface area contributed by atoms with Gasteiger partial charge in [0.2, 0.25) is 5.91 Å². The fraction of sp³-hybridized carbons (Fsp3) is 0.917. The topological polar surface area (TPSA) is 50.8 Å². The molecule has 1 fully saturated rings. The van der Waals surface area contributed by atoms with E-state index < -0.39 is 0 Å². The van der Waals surface area contributed by atoms with E-state index in [2.05, 4.69) is 19.2 Å². The number of nitrogens with one attached hydrogen (secondary N) is 1. The molecule has 0 bridgehead atoms. The number of hydrogen-bond donors (Lipinski definition) is 1. The van der Waals surface area contributed by atoms with Crippen molar-refractivity contribution in [3.63, 3.8) is 0 Å². The van der Waals surface area contributed by atoms with E-state index >= 15 is 0 Å². The molecular formula is C12H24N2O3. The van der Waals surface area contributed by atoms with Crippen LogP contribution in [0.3, 0.4) is 0 Å². The molecule has 17 heavy (non-hydrogen) atoms. The Hall–Kier alpha value is -0.650. The molecule has 1 aliphatic rings. The molecule has 5 heteroatoms. The Kier molecular flexibility index (Phi) is 6.47. The highest BCUT2D eigenvalue weighted by atomic mass is 16.5. The SMILES string of the molecule is COCCOCCCN1C(=O)CNC1C(C)C. The summed E-state index contributed by atoms with van der Waals surface area (Å²) in [4.78, 5) is 13.6. The van der Waals surface area contributed by atoms with Crippen molar-refractivity contribution in [2.45, 2.75) is 26.4 Å². The average Bonchev–Trinajstić information content (AvgIpc) is 2.65. The summed E-state index contributed by atoms with van der Waals surface area (Å²) in [6, 6.07) is 0. The van der Waals surface area contributed by atoms with Crippen molar-refractivity contribution in [1.82, 2.24) is 10.2 Å². The predicted octanol–water partition coefficient (Wildman–Crippen LogP) is 0.453. The van der Waals surface area contributed by atoms with Crippen LogP contribution in [-0.4, -0.2) is 57.0 Å². The molecule has 0 spiro atoms. The second-order valence-corrected chi connectivity index (χ2v) is 4.62. The van der Waals surface area contributed by atoms with Crippen molar-refractivity contribution >= 4 is 5.91 Å². The maximum absolute atomic E-state index is 11.7. The van der Waals surface area contributed by atoms with E-state index in [1.807, 2.05) is 4.90 Å². The van der Waals surface area contributed by atoms with Gasteiger partial charge in [-0.3, -0.25) is 10.1 Å². The number of carbonyl (C=O) groups is 1. The lowest BCUT2D eigenvalue weighted by atomic mass is 10.1. The van der Waals surface area contributed by atoms with Crippen molar-refractivity contribution < 1.29 is 14.3 Å². The summed E-state index contributed by atoms with van der Waals surface area (Å²) in [5, 5.41) is 3.23. The van der Waals surface area contributed by atoms with Gasteiger partial charge >= 0.3 is 0 Å². The van der Waals surface area contributed by atoms with Crippen LogP contribution in [0.15, 0.2) is 0 Å². The summed E-state index contributed by atoms with van der Waals surface area (Å²) in [5.41, 5.74) is 0. The molecule has 5 nitrogen and oxygen atoms in total. The summed E-state index contributed by atoms with van der Waals surface area (Å²) in [7, 11) is 1.66. The van der Waals surface area contributed by atoms with Gasteiger partial charge in [-0.15, -0.1) is 0 Å². The van der Waals surface area contributed by atoms with Gasteiger partial charge in [-0.05, 0) is 12.3 Å². The second-order valence-electron chi connectivity index (χ2n) is 4.62. The molecule has 1 saturated heterocycles. The van der Waals surface area contributed by atoms with E-state index in [0.29, 0.717) is 32.3 Å². The Balaban J connectivity index is 2.18. The van der Waals surface area contributed by atoms with Crippen molar-refractivity contribution in [1.29, 1.82) is 0 Å². The van der Waals surface area contributed by atoms with Gasteiger partial charge in [-0.2, -0.15) is 0 Å². The number of amides is 1. The van der Waals surface area contributed by atoms with Crippen LogP contribution in [0.25, 0.3) is 0 Å². The Bertz CT molecular complexity index is 234. The largest absolute Gasteiger partial charge is 0.382 e. The number of methoxy groups -OCH3 is 1. The van der Waals surface area contributed by atoms with Crippen molar-refractivity contribution in [2.24, 2.45) is 5.92 Å². The molecule has 1 heterocycles. The zero-order valence-corrected chi connectivity index (χ0v) is 11.1. The van der Waals surface area contributed by atoms with Crippen LogP contribution in [0.4, 0.5) is 0 Å². The lowest BCUT2D eigenvalue weighted by molar-refractivity contribution is -0.128. The molecule has 1 N–H and O–H groups in total. The number of ether oxygens (including phenoxy) is 2. The highest BCUT2D eigenvalue weighted by Gasteiger charge is 2.31. The summed E-state index contributed by atoms with van der Waals surface area (Å²) >= 11 is 0. The summed E-state index contributed by atoms with van der Waals surface area (Å²) in [5.74, 6) is 0.636. The van der Waals surface area contributed by atoms with Crippen LogP contribution in [0, 0.1) is 5.92 Å². The van der Waals surface area contributed by atoms with E-state index in [-0.39, 0.29) is 12.1 Å². The van der Waals surface area contributed by atoms with Crippen LogP contribution >= 0.6 is 0 Å². The Morgan fingerprint density at radius 3 is 2.82 bits per heavy atom. The van der Waals surface area contributed by atoms with E-state index in [9.17, 15) is 4.79 Å². The van der Waals surface area contributed by atoms with Crippen molar-refractivity contribution in [3.05, 3.63) is 0 Å². The number of hydrogen-bond acceptors (Lipinski definition) is 4. The highest BCUT2D eigenvalue weighted by Crippen LogP contribution is 2.13. The first-order valence-electron chi connectivity index (χ1n) is 6.26. The molecule has 1 rings (SSSR count). The first-order valence-corrected chi connectivity index (χ1v) is 6.26. The van der Waals surface area contributed by atoms with Gasteiger partial charge in [-0.1, -0.05) is 13.8 Å². The van der Waals surface area contributed by atoms with Crippen LogP contribution in [-0.2, 0) is 14.3 Å². The molecule has 1 atom stereocenters. The maximum Gasteiger partial charge on any atom is 0.237 e. The minimum Gasteiger partial charge on any atom is -0.382 e. The van der Waals surface area contributed by atoms with Gasteiger partial charge < -0.3 is 14.4 Å². The molecule has 0 aromatic heterocycles. The monoisotopic (exact) mass is 244 g/mol. The van der Waals surface area contributed by atoms with Crippen LogP contribution in [0.1, 0.15) is 20.3 Å². The predicted molar refractivity (Wildman–Crippen MR) is 65.7 cm³/mol. The minimum atomic E-state index is 0.182. The molecule has 100 valence electrons. The summed E-state index contributed by atoms with van der Waals surface area (Å²) in [6.45, 7) is 7.40. The second kappa shape index (κ2) is 7.63. The van der Waals surface area contributed by atoms with Crippen LogP contribution < -0.4 is 5.32 Å². The zero-order valence-electron chi connectivity index (χ0n) is 11.1. The number of carbonyl (C=O) groups excluding carboxylic acids is 1. The number of rotatable bonds is 8. The smallest absolute Gasteiger partial charge is 0.237 e. The van der Waals surface area contributed by atoms with E-state index in [4.69, 9.17) is 9.47 Å². The van der Waals surface area contributed by atoms with Crippen LogP contribution in [0.5, 0.6) is 0 Å². The molecule has 1 aliphatic heterocycles. The Labute approximate surface area is 103 Å². The third-order valence-electron chi connectivity index (χ3n) is 2.87. The number of nitrogens with zero attached hydrogens (tertiary/aromatic N) is 1. The fourth-order valence-corrected chi connectivity index (χ4v) is 2.00. The third kappa shape index (κ3) is 4.61. The zero-order chi connectivity index (χ0) is 12.7. The summed E-state index contributed by atoms with van der Waals surface area (Å²) < 4.78 is 10.3. The lowest BCUT2D eigenvalue weighted by Crippen LogP contribution is -2.42. The van der Waals surface area contributed by atoms with Crippen molar-refractivity contribution in [3.8, 4) is 0 Å². The molecule has 0 aromatic carbocycles. The van der Waals surface area contributed by atoms with E-state index in [1.54, 1.807) is 7.11 Å². The van der Waals surface area contributed by atoms with Crippen molar-refractivity contribution in [2.75, 3.05) is 40.0 Å². The molecule has 0 saturated carbocycles. The first-order chi connectivity index (χ1) is 8.16. The van der Waals surface area contributed by atoms with Gasteiger partial charge in [0.05, 0.1) is 25.9 Å². The van der Waals surface area contributed by atoms with E-state index in [0.717, 1.165) is 13.0 Å².